The number of hydrogen-bond acceptors (Lipinski definition) is 7. The van der Waals surface area contributed by atoms with Gasteiger partial charge >= 0.3 is 6.09 Å². The maximum Gasteiger partial charge on any atom is 0.410 e. The molecule has 2 aromatic heterocycles. The zero-order valence-electron chi connectivity index (χ0n) is 18.0. The molecule has 3 N–H and O–H groups in total. The molecule has 10 heteroatoms. The number of nitrogens with zero attached hydrogens (tertiary/aromatic N) is 5. The Labute approximate surface area is 181 Å². The fourth-order valence-electron chi connectivity index (χ4n) is 3.53. The first kappa shape index (κ1) is 22.1. The molecule has 31 heavy (non-hydrogen) atoms. The van der Waals surface area contributed by atoms with E-state index < -0.39 is 17.0 Å². The first-order valence-corrected chi connectivity index (χ1v) is 10.1. The summed E-state index contributed by atoms with van der Waals surface area (Å²) in [6, 6.07) is 5.77. The number of rotatable bonds is 5. The van der Waals surface area contributed by atoms with Gasteiger partial charge in [0.05, 0.1) is 29.9 Å². The first-order valence-electron chi connectivity index (χ1n) is 10.1. The summed E-state index contributed by atoms with van der Waals surface area (Å²) in [5, 5.41) is 17.1. The molecule has 10 nitrogen and oxygen atoms in total. The van der Waals surface area contributed by atoms with Crippen molar-refractivity contribution in [3.05, 3.63) is 36.3 Å². The third-order valence-electron chi connectivity index (χ3n) is 5.14. The lowest BCUT2D eigenvalue weighted by Crippen LogP contribution is -2.49. The monoisotopic (exact) mass is 425 g/mol. The van der Waals surface area contributed by atoms with Gasteiger partial charge in [-0.3, -0.25) is 14.5 Å². The fourth-order valence-corrected chi connectivity index (χ4v) is 3.53. The number of nitrogens with one attached hydrogen (secondary N) is 1. The van der Waals surface area contributed by atoms with Crippen LogP contribution in [0.2, 0.25) is 0 Å². The van der Waals surface area contributed by atoms with Gasteiger partial charge in [0.15, 0.2) is 5.82 Å². The van der Waals surface area contributed by atoms with Gasteiger partial charge in [-0.1, -0.05) is 0 Å². The van der Waals surface area contributed by atoms with Crippen LogP contribution >= 0.6 is 0 Å². The van der Waals surface area contributed by atoms with Gasteiger partial charge < -0.3 is 20.7 Å². The number of carbonyl (C=O) groups is 2. The van der Waals surface area contributed by atoms with Crippen molar-refractivity contribution in [2.75, 3.05) is 18.4 Å². The second-order valence-corrected chi connectivity index (χ2v) is 8.59. The number of piperidine rings is 1. The summed E-state index contributed by atoms with van der Waals surface area (Å²) in [4.78, 5) is 30.1. The lowest BCUT2D eigenvalue weighted by Gasteiger charge is -2.40. The number of aromatic nitrogens is 3. The Balaban J connectivity index is 1.85. The van der Waals surface area contributed by atoms with Gasteiger partial charge in [0.1, 0.15) is 11.2 Å². The van der Waals surface area contributed by atoms with E-state index in [1.165, 1.54) is 0 Å². The van der Waals surface area contributed by atoms with Crippen molar-refractivity contribution < 1.29 is 14.3 Å². The van der Waals surface area contributed by atoms with Crippen molar-refractivity contribution in [2.45, 2.75) is 51.2 Å². The fraction of sp³-hybridized carbons (Fsp3) is 0.476. The number of carbonyl (C=O) groups excluding carboxylic acids is 2. The molecule has 0 bridgehead atoms. The molecule has 1 aliphatic rings. The van der Waals surface area contributed by atoms with Gasteiger partial charge in [0.2, 0.25) is 0 Å². The molecule has 1 saturated heterocycles. The highest BCUT2D eigenvalue weighted by molar-refractivity contribution is 5.98. The molecule has 2 aromatic rings. The lowest BCUT2D eigenvalue weighted by atomic mass is 9.85. The topological polar surface area (TPSA) is 139 Å². The average Bonchev–Trinajstić information content (AvgIpc) is 3.13. The molecule has 164 valence electrons. The van der Waals surface area contributed by atoms with Gasteiger partial charge in [-0.05, 0) is 45.7 Å². The molecule has 0 aliphatic carbocycles. The summed E-state index contributed by atoms with van der Waals surface area (Å²) >= 11 is 0. The maximum absolute atomic E-state index is 12.4. The van der Waals surface area contributed by atoms with E-state index in [-0.39, 0.29) is 18.1 Å². The van der Waals surface area contributed by atoms with Crippen LogP contribution in [0.25, 0.3) is 0 Å². The van der Waals surface area contributed by atoms with Crippen molar-refractivity contribution in [2.24, 2.45) is 5.73 Å². The maximum atomic E-state index is 12.4. The number of pyridine rings is 1. The minimum atomic E-state index is -0.660. The van der Waals surface area contributed by atoms with E-state index in [9.17, 15) is 14.9 Å². The van der Waals surface area contributed by atoms with Crippen LogP contribution in [-0.4, -0.2) is 50.4 Å². The minimum absolute atomic E-state index is 0.182. The molecule has 1 aliphatic heterocycles. The molecule has 3 rings (SSSR count). The van der Waals surface area contributed by atoms with E-state index in [1.54, 1.807) is 40.3 Å². The number of primary amides is 1. The Morgan fingerprint density at radius 1 is 1.35 bits per heavy atom. The van der Waals surface area contributed by atoms with Gasteiger partial charge in [-0.2, -0.15) is 10.4 Å². The highest BCUT2D eigenvalue weighted by Crippen LogP contribution is 2.35. The zero-order chi connectivity index (χ0) is 22.6. The number of ether oxygens (including phenoxy) is 1. The molecular formula is C21H27N7O3. The average molecular weight is 425 g/mol. The van der Waals surface area contributed by atoms with Crippen LogP contribution in [0, 0.1) is 11.3 Å². The van der Waals surface area contributed by atoms with Gasteiger partial charge in [-0.25, -0.2) is 4.79 Å². The predicted octanol–water partition coefficient (Wildman–Crippen LogP) is 2.76. The summed E-state index contributed by atoms with van der Waals surface area (Å²) in [5.41, 5.74) is 5.20. The molecule has 0 radical (unpaired) electrons. The third-order valence-corrected chi connectivity index (χ3v) is 5.14. The minimum Gasteiger partial charge on any atom is -0.444 e. The molecule has 0 aromatic carbocycles. The Hall–Kier alpha value is -3.61. The van der Waals surface area contributed by atoms with Crippen LogP contribution in [0.1, 0.15) is 50.4 Å². The van der Waals surface area contributed by atoms with E-state index in [4.69, 9.17) is 10.5 Å². The molecule has 2 amide bonds. The predicted molar refractivity (Wildman–Crippen MR) is 114 cm³/mol. The number of amides is 2. The Morgan fingerprint density at radius 2 is 2.06 bits per heavy atom. The van der Waals surface area contributed by atoms with Crippen molar-refractivity contribution >= 4 is 23.5 Å². The number of nitriles is 1. The first-order chi connectivity index (χ1) is 14.6. The smallest absolute Gasteiger partial charge is 0.410 e. The summed E-state index contributed by atoms with van der Waals surface area (Å²) in [6.07, 6.45) is 5.60. The van der Waals surface area contributed by atoms with Gasteiger partial charge in [-0.15, -0.1) is 0 Å². The molecular weight excluding hydrogens is 398 g/mol. The van der Waals surface area contributed by atoms with E-state index in [0.717, 1.165) is 0 Å². The van der Waals surface area contributed by atoms with Crippen molar-refractivity contribution in [3.63, 3.8) is 0 Å². The van der Waals surface area contributed by atoms with E-state index in [2.05, 4.69) is 21.5 Å². The third kappa shape index (κ3) is 5.12. The molecule has 0 unspecified atom stereocenters. The number of anilines is 2. The highest BCUT2D eigenvalue weighted by atomic mass is 16.6. The highest BCUT2D eigenvalue weighted by Gasteiger charge is 2.40. The van der Waals surface area contributed by atoms with Crippen LogP contribution in [0.3, 0.4) is 0 Å². The van der Waals surface area contributed by atoms with Crippen LogP contribution < -0.4 is 11.1 Å². The molecule has 0 saturated carbocycles. The van der Waals surface area contributed by atoms with Crippen LogP contribution in [0.4, 0.5) is 16.3 Å². The summed E-state index contributed by atoms with van der Waals surface area (Å²) in [6.45, 7) is 6.28. The number of hydrogen-bond donors (Lipinski definition) is 2. The van der Waals surface area contributed by atoms with Gasteiger partial charge in [0.25, 0.3) is 5.91 Å². The summed E-state index contributed by atoms with van der Waals surface area (Å²) in [5.74, 6) is -0.330. The SMILES string of the molecule is CC(C)(C)OC(=O)N1CCC(CC#N)(n2cc(C(N)=O)c(Nc3cccnc3)n2)CC1. The van der Waals surface area contributed by atoms with Crippen molar-refractivity contribution in [1.29, 1.82) is 5.26 Å². The Morgan fingerprint density at radius 3 is 2.61 bits per heavy atom. The van der Waals surface area contributed by atoms with Crippen LogP contribution in [-0.2, 0) is 10.3 Å². The van der Waals surface area contributed by atoms with E-state index in [1.807, 2.05) is 20.8 Å². The lowest BCUT2D eigenvalue weighted by molar-refractivity contribution is 0.0105. The number of likely N-dealkylation sites (tertiary alicyclic amines) is 1. The summed E-state index contributed by atoms with van der Waals surface area (Å²) < 4.78 is 7.09. The standard InChI is InChI=1S/C21H27N7O3/c1-20(2,3)31-19(30)27-11-7-21(6-9-22,8-12-27)28-14-16(17(23)29)18(26-28)25-15-5-4-10-24-13-15/h4-5,10,13-14H,6-8,11-12H2,1-3H3,(H2,23,29)(H,25,26). The van der Waals surface area contributed by atoms with Crippen LogP contribution in [0.15, 0.2) is 30.7 Å². The summed E-state index contributed by atoms with van der Waals surface area (Å²) in [7, 11) is 0. The number of nitrogens with two attached hydrogens (primary N) is 1. The second-order valence-electron chi connectivity index (χ2n) is 8.59. The normalized spacial score (nSPS) is 15.7. The van der Waals surface area contributed by atoms with E-state index in [0.29, 0.717) is 37.4 Å². The molecule has 0 spiro atoms. The quantitative estimate of drug-likeness (QED) is 0.751. The zero-order valence-corrected chi connectivity index (χ0v) is 18.0. The largest absolute Gasteiger partial charge is 0.444 e. The molecule has 1 fully saturated rings. The van der Waals surface area contributed by atoms with Crippen molar-refractivity contribution in [1.82, 2.24) is 19.7 Å². The van der Waals surface area contributed by atoms with Crippen LogP contribution in [0.5, 0.6) is 0 Å². The van der Waals surface area contributed by atoms with Gasteiger partial charge in [0, 0.05) is 25.5 Å². The Bertz CT molecular complexity index is 981. The van der Waals surface area contributed by atoms with E-state index >= 15 is 0 Å². The second kappa shape index (κ2) is 8.63. The molecule has 3 heterocycles. The Kier molecular flexibility index (Phi) is 6.15. The molecule has 0 atom stereocenters. The van der Waals surface area contributed by atoms with Crippen molar-refractivity contribution in [3.8, 4) is 6.07 Å².